The lowest BCUT2D eigenvalue weighted by Crippen LogP contribution is -2.01. The van der Waals surface area contributed by atoms with Gasteiger partial charge in [-0.25, -0.2) is 0 Å². The van der Waals surface area contributed by atoms with Crippen molar-refractivity contribution in [2.75, 3.05) is 0 Å². The summed E-state index contributed by atoms with van der Waals surface area (Å²) < 4.78 is 1.87. The summed E-state index contributed by atoms with van der Waals surface area (Å²) in [6.07, 6.45) is 5.29. The molecule has 0 radical (unpaired) electrons. The van der Waals surface area contributed by atoms with E-state index in [2.05, 4.69) is 38.0 Å². The van der Waals surface area contributed by atoms with Crippen LogP contribution in [0.2, 0.25) is 0 Å². The fourth-order valence-electron chi connectivity index (χ4n) is 2.12. The van der Waals surface area contributed by atoms with E-state index in [1.165, 1.54) is 5.56 Å². The molecule has 1 aromatic carbocycles. The van der Waals surface area contributed by atoms with E-state index in [9.17, 15) is 5.11 Å². The highest BCUT2D eigenvalue weighted by Crippen LogP contribution is 2.22. The molecule has 1 N–H and O–H groups in total. The molecule has 0 saturated carbocycles. The molecule has 1 heterocycles. The number of aryl methyl sites for hydroxylation is 1. The van der Waals surface area contributed by atoms with Crippen LogP contribution >= 0.6 is 0 Å². The third kappa shape index (κ3) is 3.24. The molecule has 0 spiro atoms. The molecule has 2 rings (SSSR count). The smallest absolute Gasteiger partial charge is 0.107 e. The summed E-state index contributed by atoms with van der Waals surface area (Å²) >= 11 is 0. The van der Waals surface area contributed by atoms with Crippen molar-refractivity contribution in [1.82, 2.24) is 9.78 Å². The molecular formula is C16H22N2O. The molecule has 1 atom stereocenters. The van der Waals surface area contributed by atoms with Gasteiger partial charge in [-0.15, -0.1) is 0 Å². The molecule has 3 heteroatoms. The van der Waals surface area contributed by atoms with Crippen LogP contribution in [0.3, 0.4) is 0 Å². The highest BCUT2D eigenvalue weighted by atomic mass is 16.3. The van der Waals surface area contributed by atoms with Crippen LogP contribution in [0.15, 0.2) is 36.7 Å². The van der Waals surface area contributed by atoms with Crippen molar-refractivity contribution in [2.45, 2.75) is 45.8 Å². The monoisotopic (exact) mass is 258 g/mol. The van der Waals surface area contributed by atoms with E-state index in [1.807, 2.05) is 23.0 Å². The summed E-state index contributed by atoms with van der Waals surface area (Å²) in [6, 6.07) is 8.50. The highest BCUT2D eigenvalue weighted by Gasteiger charge is 2.13. The number of aromatic nitrogens is 2. The van der Waals surface area contributed by atoms with Crippen LogP contribution in [0.5, 0.6) is 0 Å². The van der Waals surface area contributed by atoms with Gasteiger partial charge in [-0.05, 0) is 31.4 Å². The number of hydrogen-bond donors (Lipinski definition) is 1. The molecule has 1 aromatic heterocycles. The van der Waals surface area contributed by atoms with Gasteiger partial charge in [0.05, 0.1) is 6.20 Å². The third-order valence-electron chi connectivity index (χ3n) is 3.30. The molecule has 0 bridgehead atoms. The Balaban J connectivity index is 2.15. The van der Waals surface area contributed by atoms with E-state index in [4.69, 9.17) is 0 Å². The lowest BCUT2D eigenvalue weighted by Gasteiger charge is -2.10. The predicted octanol–water partition coefficient (Wildman–Crippen LogP) is 3.50. The summed E-state index contributed by atoms with van der Waals surface area (Å²) in [4.78, 5) is 0. The SMILES string of the molecule is CCCc1ccc(C(O)c2cnn(C(C)C)c2)cc1. The Hall–Kier alpha value is -1.61. The Morgan fingerprint density at radius 2 is 1.84 bits per heavy atom. The second-order valence-corrected chi connectivity index (χ2v) is 5.24. The van der Waals surface area contributed by atoms with Crippen molar-refractivity contribution in [2.24, 2.45) is 0 Å². The molecule has 1 unspecified atom stereocenters. The summed E-state index contributed by atoms with van der Waals surface area (Å²) in [6.45, 7) is 6.31. The molecule has 2 aromatic rings. The zero-order chi connectivity index (χ0) is 13.8. The second-order valence-electron chi connectivity index (χ2n) is 5.24. The van der Waals surface area contributed by atoms with Crippen molar-refractivity contribution in [3.63, 3.8) is 0 Å². The van der Waals surface area contributed by atoms with Gasteiger partial charge in [0, 0.05) is 17.8 Å². The number of benzene rings is 1. The summed E-state index contributed by atoms with van der Waals surface area (Å²) in [5.41, 5.74) is 3.08. The summed E-state index contributed by atoms with van der Waals surface area (Å²) in [5.74, 6) is 0. The van der Waals surface area contributed by atoms with Gasteiger partial charge in [0.1, 0.15) is 6.10 Å². The van der Waals surface area contributed by atoms with Crippen LogP contribution in [0.4, 0.5) is 0 Å². The number of aliphatic hydroxyl groups is 1. The van der Waals surface area contributed by atoms with Gasteiger partial charge in [-0.2, -0.15) is 5.10 Å². The Morgan fingerprint density at radius 1 is 1.16 bits per heavy atom. The van der Waals surface area contributed by atoms with Crippen molar-refractivity contribution in [3.05, 3.63) is 53.3 Å². The lowest BCUT2D eigenvalue weighted by atomic mass is 10.0. The van der Waals surface area contributed by atoms with Crippen LogP contribution in [0.1, 0.15) is 56.0 Å². The molecule has 0 aliphatic rings. The third-order valence-corrected chi connectivity index (χ3v) is 3.30. The van der Waals surface area contributed by atoms with E-state index < -0.39 is 6.10 Å². The van der Waals surface area contributed by atoms with Crippen molar-refractivity contribution in [3.8, 4) is 0 Å². The normalized spacial score (nSPS) is 12.9. The fourth-order valence-corrected chi connectivity index (χ4v) is 2.12. The molecule has 0 saturated heterocycles. The Morgan fingerprint density at radius 3 is 2.37 bits per heavy atom. The minimum atomic E-state index is -0.594. The van der Waals surface area contributed by atoms with Crippen molar-refractivity contribution < 1.29 is 5.11 Å². The zero-order valence-corrected chi connectivity index (χ0v) is 11.9. The Kier molecular flexibility index (Phi) is 4.38. The van der Waals surface area contributed by atoms with E-state index in [0.29, 0.717) is 6.04 Å². The Bertz CT molecular complexity index is 514. The maximum atomic E-state index is 10.4. The van der Waals surface area contributed by atoms with Crippen LogP contribution in [0, 0.1) is 0 Å². The molecule has 0 amide bonds. The minimum absolute atomic E-state index is 0.313. The minimum Gasteiger partial charge on any atom is -0.384 e. The van der Waals surface area contributed by atoms with E-state index in [1.54, 1.807) is 6.20 Å². The van der Waals surface area contributed by atoms with E-state index in [0.717, 1.165) is 24.0 Å². The molecule has 0 aliphatic carbocycles. The number of rotatable bonds is 5. The maximum Gasteiger partial charge on any atom is 0.107 e. The second kappa shape index (κ2) is 6.02. The van der Waals surface area contributed by atoms with Crippen molar-refractivity contribution in [1.29, 1.82) is 0 Å². The van der Waals surface area contributed by atoms with Crippen LogP contribution in [0.25, 0.3) is 0 Å². The molecule has 0 fully saturated rings. The lowest BCUT2D eigenvalue weighted by molar-refractivity contribution is 0.220. The fraction of sp³-hybridized carbons (Fsp3) is 0.438. The molecular weight excluding hydrogens is 236 g/mol. The largest absolute Gasteiger partial charge is 0.384 e. The first kappa shape index (κ1) is 13.8. The van der Waals surface area contributed by atoms with Crippen molar-refractivity contribution >= 4 is 0 Å². The Labute approximate surface area is 114 Å². The predicted molar refractivity (Wildman–Crippen MR) is 77.1 cm³/mol. The van der Waals surface area contributed by atoms with Gasteiger partial charge < -0.3 is 5.11 Å². The number of hydrogen-bond acceptors (Lipinski definition) is 2. The first-order valence-electron chi connectivity index (χ1n) is 6.92. The number of aliphatic hydroxyl groups excluding tert-OH is 1. The highest BCUT2D eigenvalue weighted by molar-refractivity contribution is 5.30. The van der Waals surface area contributed by atoms with Crippen LogP contribution in [-0.2, 0) is 6.42 Å². The van der Waals surface area contributed by atoms with Gasteiger partial charge in [0.15, 0.2) is 0 Å². The zero-order valence-electron chi connectivity index (χ0n) is 11.9. The molecule has 3 nitrogen and oxygen atoms in total. The maximum absolute atomic E-state index is 10.4. The molecule has 19 heavy (non-hydrogen) atoms. The standard InChI is InChI=1S/C16H22N2O/c1-4-5-13-6-8-14(9-7-13)16(19)15-10-17-18(11-15)12(2)3/h6-12,16,19H,4-5H2,1-3H3. The van der Waals surface area contributed by atoms with Crippen LogP contribution < -0.4 is 0 Å². The first-order chi connectivity index (χ1) is 9.11. The quantitative estimate of drug-likeness (QED) is 0.891. The first-order valence-corrected chi connectivity index (χ1v) is 6.92. The van der Waals surface area contributed by atoms with Gasteiger partial charge in [-0.1, -0.05) is 37.6 Å². The summed E-state index contributed by atoms with van der Waals surface area (Å²) in [5, 5.41) is 14.6. The van der Waals surface area contributed by atoms with E-state index >= 15 is 0 Å². The average molecular weight is 258 g/mol. The van der Waals surface area contributed by atoms with E-state index in [-0.39, 0.29) is 0 Å². The van der Waals surface area contributed by atoms with Crippen LogP contribution in [-0.4, -0.2) is 14.9 Å². The topological polar surface area (TPSA) is 38.1 Å². The van der Waals surface area contributed by atoms with Gasteiger partial charge in [0.25, 0.3) is 0 Å². The average Bonchev–Trinajstić information content (AvgIpc) is 2.89. The van der Waals surface area contributed by atoms with Gasteiger partial charge >= 0.3 is 0 Å². The van der Waals surface area contributed by atoms with Gasteiger partial charge in [0.2, 0.25) is 0 Å². The number of nitrogens with zero attached hydrogens (tertiary/aromatic N) is 2. The van der Waals surface area contributed by atoms with Gasteiger partial charge in [-0.3, -0.25) is 4.68 Å². The molecule has 102 valence electrons. The summed E-state index contributed by atoms with van der Waals surface area (Å²) in [7, 11) is 0. The molecule has 0 aliphatic heterocycles.